The number of rotatable bonds is 4. The third-order valence-electron chi connectivity index (χ3n) is 5.34. The number of aryl methyl sites for hydroxylation is 1. The molecule has 2 aromatic heterocycles. The molecule has 2 heterocycles. The fourth-order valence-electron chi connectivity index (χ4n) is 3.68. The van der Waals surface area contributed by atoms with Crippen LogP contribution >= 0.6 is 0 Å². The van der Waals surface area contributed by atoms with E-state index in [1.54, 1.807) is 6.20 Å². The zero-order valence-corrected chi connectivity index (χ0v) is 14.2. The molecule has 1 fully saturated rings. The minimum absolute atomic E-state index is 0.0206. The predicted molar refractivity (Wildman–Crippen MR) is 92.9 cm³/mol. The van der Waals surface area contributed by atoms with Gasteiger partial charge in [-0.3, -0.25) is 9.48 Å². The van der Waals surface area contributed by atoms with Crippen molar-refractivity contribution in [3.05, 3.63) is 41.3 Å². The minimum atomic E-state index is -0.0206. The van der Waals surface area contributed by atoms with E-state index in [1.165, 1.54) is 36.8 Å². The number of carbonyl (C=O) groups excluding carboxylic acids is 1. The molecule has 2 aromatic rings. The fraction of sp³-hybridized carbons (Fsp3) is 0.526. The lowest BCUT2D eigenvalue weighted by Crippen LogP contribution is -2.23. The topological polar surface area (TPSA) is 59.8 Å². The molecule has 1 saturated carbocycles. The van der Waals surface area contributed by atoms with Crippen molar-refractivity contribution in [1.82, 2.24) is 14.8 Å². The lowest BCUT2D eigenvalue weighted by atomic mass is 9.86. The van der Waals surface area contributed by atoms with Gasteiger partial charge in [-0.05, 0) is 67.7 Å². The van der Waals surface area contributed by atoms with Gasteiger partial charge in [0.05, 0.1) is 12.5 Å². The SMILES string of the molecule is CC1CCc2cc(NC(=O)Cc3ccnn3C3CCC3)ncc2C1. The number of anilines is 1. The van der Waals surface area contributed by atoms with E-state index >= 15 is 0 Å². The zero-order valence-electron chi connectivity index (χ0n) is 14.2. The monoisotopic (exact) mass is 324 g/mol. The van der Waals surface area contributed by atoms with Crippen molar-refractivity contribution < 1.29 is 4.79 Å². The summed E-state index contributed by atoms with van der Waals surface area (Å²) < 4.78 is 2.02. The lowest BCUT2D eigenvalue weighted by molar-refractivity contribution is -0.115. The van der Waals surface area contributed by atoms with E-state index in [2.05, 4.69) is 22.3 Å². The van der Waals surface area contributed by atoms with Gasteiger partial charge in [-0.1, -0.05) is 6.92 Å². The molecule has 5 heteroatoms. The molecule has 1 atom stereocenters. The average Bonchev–Trinajstić information content (AvgIpc) is 2.93. The number of hydrogen-bond acceptors (Lipinski definition) is 3. The second kappa shape index (κ2) is 6.38. The van der Waals surface area contributed by atoms with Gasteiger partial charge < -0.3 is 5.32 Å². The molecule has 2 aliphatic carbocycles. The standard InChI is InChI=1S/C19H24N4O/c1-13-5-6-14-10-18(20-12-15(14)9-13)22-19(24)11-17-7-8-21-23(17)16-3-2-4-16/h7-8,10,12-13,16H,2-6,9,11H2,1H3,(H,20,22,24). The van der Waals surface area contributed by atoms with Crippen molar-refractivity contribution in [2.75, 3.05) is 5.32 Å². The molecule has 0 spiro atoms. The number of pyridine rings is 1. The number of aromatic nitrogens is 3. The van der Waals surface area contributed by atoms with Gasteiger partial charge in [-0.25, -0.2) is 4.98 Å². The Morgan fingerprint density at radius 1 is 1.33 bits per heavy atom. The summed E-state index contributed by atoms with van der Waals surface area (Å²) in [7, 11) is 0. The van der Waals surface area contributed by atoms with Gasteiger partial charge >= 0.3 is 0 Å². The van der Waals surface area contributed by atoms with Crippen molar-refractivity contribution in [3.63, 3.8) is 0 Å². The number of nitrogens with one attached hydrogen (secondary N) is 1. The van der Waals surface area contributed by atoms with Gasteiger partial charge in [0.25, 0.3) is 0 Å². The van der Waals surface area contributed by atoms with Crippen molar-refractivity contribution in [2.45, 2.75) is 57.9 Å². The van der Waals surface area contributed by atoms with E-state index in [4.69, 9.17) is 0 Å². The minimum Gasteiger partial charge on any atom is -0.310 e. The first-order valence-electron chi connectivity index (χ1n) is 8.99. The number of nitrogens with zero attached hydrogens (tertiary/aromatic N) is 3. The first-order chi connectivity index (χ1) is 11.7. The number of fused-ring (bicyclic) bond motifs is 1. The van der Waals surface area contributed by atoms with Gasteiger partial charge in [0.1, 0.15) is 5.82 Å². The molecule has 2 aliphatic rings. The fourth-order valence-corrected chi connectivity index (χ4v) is 3.68. The van der Waals surface area contributed by atoms with E-state index in [1.807, 2.05) is 23.0 Å². The second-order valence-corrected chi connectivity index (χ2v) is 7.26. The molecule has 24 heavy (non-hydrogen) atoms. The second-order valence-electron chi connectivity index (χ2n) is 7.26. The first-order valence-corrected chi connectivity index (χ1v) is 8.99. The number of amides is 1. The van der Waals surface area contributed by atoms with Crippen molar-refractivity contribution >= 4 is 11.7 Å². The summed E-state index contributed by atoms with van der Waals surface area (Å²) in [5.74, 6) is 1.38. The van der Waals surface area contributed by atoms with Crippen LogP contribution in [0.1, 0.15) is 55.5 Å². The Hall–Kier alpha value is -2.17. The van der Waals surface area contributed by atoms with E-state index in [-0.39, 0.29) is 5.91 Å². The normalized spacial score (nSPS) is 20.3. The van der Waals surface area contributed by atoms with E-state index in [0.29, 0.717) is 18.3 Å². The van der Waals surface area contributed by atoms with Crippen LogP contribution in [0.2, 0.25) is 0 Å². The molecule has 1 N–H and O–H groups in total. The summed E-state index contributed by atoms with van der Waals surface area (Å²) in [6.07, 6.45) is 11.1. The molecular formula is C19H24N4O. The van der Waals surface area contributed by atoms with Crippen molar-refractivity contribution in [1.29, 1.82) is 0 Å². The van der Waals surface area contributed by atoms with Crippen LogP contribution < -0.4 is 5.32 Å². The largest absolute Gasteiger partial charge is 0.310 e. The first kappa shape index (κ1) is 15.4. The van der Waals surface area contributed by atoms with Crippen LogP contribution in [0.25, 0.3) is 0 Å². The zero-order chi connectivity index (χ0) is 16.5. The van der Waals surface area contributed by atoms with Crippen molar-refractivity contribution in [2.24, 2.45) is 5.92 Å². The molecule has 126 valence electrons. The molecule has 1 amide bonds. The van der Waals surface area contributed by atoms with Crippen LogP contribution in [0.3, 0.4) is 0 Å². The third kappa shape index (κ3) is 3.07. The summed E-state index contributed by atoms with van der Waals surface area (Å²) >= 11 is 0. The Balaban J connectivity index is 1.42. The molecular weight excluding hydrogens is 300 g/mol. The van der Waals surface area contributed by atoms with Crippen LogP contribution in [0.15, 0.2) is 24.5 Å². The van der Waals surface area contributed by atoms with Gasteiger partial charge in [0, 0.05) is 18.1 Å². The number of hydrogen-bond donors (Lipinski definition) is 1. The highest BCUT2D eigenvalue weighted by Crippen LogP contribution is 2.32. The van der Waals surface area contributed by atoms with Crippen LogP contribution in [0.4, 0.5) is 5.82 Å². The quantitative estimate of drug-likeness (QED) is 0.938. The highest BCUT2D eigenvalue weighted by Gasteiger charge is 2.23. The third-order valence-corrected chi connectivity index (χ3v) is 5.34. The Labute approximate surface area is 142 Å². The Kier molecular flexibility index (Phi) is 4.08. The Morgan fingerprint density at radius 2 is 2.21 bits per heavy atom. The molecule has 1 unspecified atom stereocenters. The maximum Gasteiger partial charge on any atom is 0.231 e. The average molecular weight is 324 g/mol. The molecule has 0 aromatic carbocycles. The Bertz CT molecular complexity index is 748. The van der Waals surface area contributed by atoms with Gasteiger partial charge in [-0.2, -0.15) is 5.10 Å². The van der Waals surface area contributed by atoms with Crippen LogP contribution in [-0.2, 0) is 24.1 Å². The molecule has 0 bridgehead atoms. The van der Waals surface area contributed by atoms with Crippen molar-refractivity contribution in [3.8, 4) is 0 Å². The molecule has 0 saturated heterocycles. The smallest absolute Gasteiger partial charge is 0.231 e. The van der Waals surface area contributed by atoms with E-state index in [0.717, 1.165) is 24.5 Å². The van der Waals surface area contributed by atoms with E-state index < -0.39 is 0 Å². The molecule has 5 nitrogen and oxygen atoms in total. The van der Waals surface area contributed by atoms with E-state index in [9.17, 15) is 4.79 Å². The summed E-state index contributed by atoms with van der Waals surface area (Å²) in [5, 5.41) is 7.34. The van der Waals surface area contributed by atoms with Crippen LogP contribution in [0.5, 0.6) is 0 Å². The van der Waals surface area contributed by atoms with Crippen LogP contribution in [-0.4, -0.2) is 20.7 Å². The summed E-state index contributed by atoms with van der Waals surface area (Å²) in [4.78, 5) is 16.8. The maximum atomic E-state index is 12.4. The summed E-state index contributed by atoms with van der Waals surface area (Å²) in [6.45, 7) is 2.28. The number of carbonyl (C=O) groups is 1. The molecule has 4 rings (SSSR count). The lowest BCUT2D eigenvalue weighted by Gasteiger charge is -2.27. The maximum absolute atomic E-state index is 12.4. The summed E-state index contributed by atoms with van der Waals surface area (Å²) in [6, 6.07) is 4.47. The highest BCUT2D eigenvalue weighted by molar-refractivity contribution is 5.91. The van der Waals surface area contributed by atoms with Gasteiger partial charge in [-0.15, -0.1) is 0 Å². The Morgan fingerprint density at radius 3 is 3.00 bits per heavy atom. The highest BCUT2D eigenvalue weighted by atomic mass is 16.1. The van der Waals surface area contributed by atoms with Gasteiger partial charge in [0.2, 0.25) is 5.91 Å². The summed E-state index contributed by atoms with van der Waals surface area (Å²) in [5.41, 5.74) is 3.65. The van der Waals surface area contributed by atoms with Crippen LogP contribution in [0, 0.1) is 5.92 Å². The molecule has 0 radical (unpaired) electrons. The predicted octanol–water partition coefficient (Wildman–Crippen LogP) is 3.31. The molecule has 0 aliphatic heterocycles. The van der Waals surface area contributed by atoms with Gasteiger partial charge in [0.15, 0.2) is 0 Å².